The van der Waals surface area contributed by atoms with Crippen LogP contribution in [-0.2, 0) is 16.1 Å². The lowest BCUT2D eigenvalue weighted by Crippen LogP contribution is -2.52. The largest absolute Gasteiger partial charge is 0.468 e. The fourth-order valence-electron chi connectivity index (χ4n) is 2.14. The first-order valence-electron chi connectivity index (χ1n) is 6.09. The summed E-state index contributed by atoms with van der Waals surface area (Å²) < 4.78 is 6.83. The van der Waals surface area contributed by atoms with Gasteiger partial charge in [0.05, 0.1) is 13.4 Å². The van der Waals surface area contributed by atoms with Crippen LogP contribution >= 0.6 is 0 Å². The van der Waals surface area contributed by atoms with Crippen molar-refractivity contribution in [3.8, 4) is 0 Å². The van der Waals surface area contributed by atoms with E-state index in [2.05, 4.69) is 14.5 Å². The lowest BCUT2D eigenvalue weighted by molar-refractivity contribution is -0.151. The van der Waals surface area contributed by atoms with E-state index in [0.29, 0.717) is 0 Å². The SMILES string of the molecule is COC(=O)C1CCN1CCCCn1ccnc1. The summed E-state index contributed by atoms with van der Waals surface area (Å²) in [5.74, 6) is -0.0918. The van der Waals surface area contributed by atoms with Crippen LogP contribution in [0.15, 0.2) is 18.7 Å². The van der Waals surface area contributed by atoms with Gasteiger partial charge in [-0.3, -0.25) is 9.69 Å². The Morgan fingerprint density at radius 2 is 2.29 bits per heavy atom. The number of imidazole rings is 1. The van der Waals surface area contributed by atoms with E-state index in [1.807, 2.05) is 12.5 Å². The fourth-order valence-corrected chi connectivity index (χ4v) is 2.14. The number of aryl methyl sites for hydroxylation is 1. The maximum atomic E-state index is 11.3. The zero-order valence-corrected chi connectivity index (χ0v) is 10.2. The number of carbonyl (C=O) groups is 1. The molecule has 2 heterocycles. The standard InChI is InChI=1S/C12H19N3O2/c1-17-12(16)11-4-8-15(11)7-3-2-6-14-9-5-13-10-14/h5,9-11H,2-4,6-8H2,1H3. The molecule has 0 amide bonds. The van der Waals surface area contributed by atoms with E-state index >= 15 is 0 Å². The molecular weight excluding hydrogens is 218 g/mol. The average Bonchev–Trinajstić information content (AvgIpc) is 2.80. The molecule has 1 unspecified atom stereocenters. The van der Waals surface area contributed by atoms with Gasteiger partial charge in [0.2, 0.25) is 0 Å². The number of carbonyl (C=O) groups excluding carboxylic acids is 1. The van der Waals surface area contributed by atoms with Crippen LogP contribution in [0.4, 0.5) is 0 Å². The van der Waals surface area contributed by atoms with Gasteiger partial charge in [0.1, 0.15) is 6.04 Å². The summed E-state index contributed by atoms with van der Waals surface area (Å²) in [7, 11) is 1.46. The van der Waals surface area contributed by atoms with E-state index in [1.54, 1.807) is 6.20 Å². The van der Waals surface area contributed by atoms with Crippen LogP contribution in [0.1, 0.15) is 19.3 Å². The van der Waals surface area contributed by atoms with E-state index in [1.165, 1.54) is 7.11 Å². The number of ether oxygens (including phenoxy) is 1. The van der Waals surface area contributed by atoms with Crippen LogP contribution in [0, 0.1) is 0 Å². The Morgan fingerprint density at radius 3 is 2.88 bits per heavy atom. The number of methoxy groups -OCH3 is 1. The van der Waals surface area contributed by atoms with Gasteiger partial charge in [-0.05, 0) is 25.8 Å². The molecule has 0 aliphatic carbocycles. The van der Waals surface area contributed by atoms with Crippen LogP contribution in [-0.4, -0.2) is 46.7 Å². The monoisotopic (exact) mass is 237 g/mol. The van der Waals surface area contributed by atoms with Gasteiger partial charge in [-0.25, -0.2) is 4.98 Å². The maximum absolute atomic E-state index is 11.3. The van der Waals surface area contributed by atoms with Gasteiger partial charge >= 0.3 is 5.97 Å². The normalized spacial score (nSPS) is 19.9. The van der Waals surface area contributed by atoms with E-state index in [9.17, 15) is 4.79 Å². The summed E-state index contributed by atoms with van der Waals surface area (Å²) in [4.78, 5) is 17.5. The molecule has 0 spiro atoms. The van der Waals surface area contributed by atoms with Crippen molar-refractivity contribution in [2.24, 2.45) is 0 Å². The average molecular weight is 237 g/mol. The molecule has 0 aromatic carbocycles. The molecule has 17 heavy (non-hydrogen) atoms. The summed E-state index contributed by atoms with van der Waals surface area (Å²) >= 11 is 0. The predicted octanol–water partition coefficient (Wildman–Crippen LogP) is 0.911. The third-order valence-corrected chi connectivity index (χ3v) is 3.27. The Balaban J connectivity index is 1.61. The van der Waals surface area contributed by atoms with Crippen molar-refractivity contribution in [2.75, 3.05) is 20.2 Å². The molecular formula is C12H19N3O2. The molecule has 0 radical (unpaired) electrons. The number of hydrogen-bond acceptors (Lipinski definition) is 4. The minimum Gasteiger partial charge on any atom is -0.468 e. The molecule has 0 saturated carbocycles. The summed E-state index contributed by atoms with van der Waals surface area (Å²) in [5, 5.41) is 0. The van der Waals surface area contributed by atoms with Crippen molar-refractivity contribution in [2.45, 2.75) is 31.8 Å². The molecule has 5 nitrogen and oxygen atoms in total. The number of hydrogen-bond donors (Lipinski definition) is 0. The topological polar surface area (TPSA) is 47.4 Å². The number of esters is 1. The molecule has 0 bridgehead atoms. The zero-order chi connectivity index (χ0) is 12.1. The maximum Gasteiger partial charge on any atom is 0.323 e. The van der Waals surface area contributed by atoms with Crippen LogP contribution in [0.2, 0.25) is 0 Å². The molecule has 1 aromatic rings. The highest BCUT2D eigenvalue weighted by Gasteiger charge is 2.34. The molecule has 1 saturated heterocycles. The van der Waals surface area contributed by atoms with Crippen molar-refractivity contribution in [3.63, 3.8) is 0 Å². The molecule has 0 N–H and O–H groups in total. The summed E-state index contributed by atoms with van der Waals surface area (Å²) in [6, 6.07) is 0.00763. The third kappa shape index (κ3) is 3.06. The molecule has 5 heteroatoms. The van der Waals surface area contributed by atoms with Gasteiger partial charge in [-0.2, -0.15) is 0 Å². The van der Waals surface area contributed by atoms with Gasteiger partial charge in [0.15, 0.2) is 0 Å². The lowest BCUT2D eigenvalue weighted by atomic mass is 10.0. The Kier molecular flexibility index (Phi) is 4.14. The summed E-state index contributed by atoms with van der Waals surface area (Å²) in [6.45, 7) is 3.00. The molecule has 2 rings (SSSR count). The number of aromatic nitrogens is 2. The Labute approximate surface area is 101 Å². The highest BCUT2D eigenvalue weighted by atomic mass is 16.5. The molecule has 1 fully saturated rings. The molecule has 1 aliphatic heterocycles. The molecule has 1 aliphatic rings. The van der Waals surface area contributed by atoms with E-state index in [4.69, 9.17) is 4.74 Å². The van der Waals surface area contributed by atoms with Gasteiger partial charge in [0.25, 0.3) is 0 Å². The minimum atomic E-state index is -0.0918. The van der Waals surface area contributed by atoms with Gasteiger partial charge < -0.3 is 9.30 Å². The van der Waals surface area contributed by atoms with Gasteiger partial charge in [-0.1, -0.05) is 0 Å². The van der Waals surface area contributed by atoms with E-state index < -0.39 is 0 Å². The van der Waals surface area contributed by atoms with Gasteiger partial charge in [0, 0.05) is 25.5 Å². The second-order valence-electron chi connectivity index (χ2n) is 4.37. The zero-order valence-electron chi connectivity index (χ0n) is 10.2. The first-order chi connectivity index (χ1) is 8.31. The number of nitrogens with zero attached hydrogens (tertiary/aromatic N) is 3. The van der Waals surface area contributed by atoms with Gasteiger partial charge in [-0.15, -0.1) is 0 Å². The fraction of sp³-hybridized carbons (Fsp3) is 0.667. The Morgan fingerprint density at radius 1 is 1.47 bits per heavy atom. The number of unbranched alkanes of at least 4 members (excludes halogenated alkanes) is 1. The third-order valence-electron chi connectivity index (χ3n) is 3.27. The van der Waals surface area contributed by atoms with Crippen molar-refractivity contribution >= 4 is 5.97 Å². The van der Waals surface area contributed by atoms with Crippen molar-refractivity contribution in [1.82, 2.24) is 14.5 Å². The summed E-state index contributed by atoms with van der Waals surface area (Å²) in [5.41, 5.74) is 0. The second-order valence-corrected chi connectivity index (χ2v) is 4.37. The van der Waals surface area contributed by atoms with Crippen molar-refractivity contribution in [1.29, 1.82) is 0 Å². The van der Waals surface area contributed by atoms with Crippen LogP contribution < -0.4 is 0 Å². The molecule has 1 atom stereocenters. The highest BCUT2D eigenvalue weighted by molar-refractivity contribution is 5.76. The molecule has 1 aromatic heterocycles. The smallest absolute Gasteiger partial charge is 0.323 e. The van der Waals surface area contributed by atoms with Crippen LogP contribution in [0.3, 0.4) is 0 Å². The first-order valence-corrected chi connectivity index (χ1v) is 6.09. The first kappa shape index (κ1) is 12.1. The van der Waals surface area contributed by atoms with Crippen LogP contribution in [0.5, 0.6) is 0 Å². The minimum absolute atomic E-state index is 0.00763. The van der Waals surface area contributed by atoms with E-state index in [-0.39, 0.29) is 12.0 Å². The van der Waals surface area contributed by atoms with E-state index in [0.717, 1.165) is 38.9 Å². The lowest BCUT2D eigenvalue weighted by Gasteiger charge is -2.38. The predicted molar refractivity (Wildman–Crippen MR) is 63.5 cm³/mol. The Bertz CT molecular complexity index is 351. The second kappa shape index (κ2) is 5.82. The van der Waals surface area contributed by atoms with Crippen molar-refractivity contribution < 1.29 is 9.53 Å². The Hall–Kier alpha value is -1.36. The van der Waals surface area contributed by atoms with Crippen LogP contribution in [0.25, 0.3) is 0 Å². The molecule has 94 valence electrons. The van der Waals surface area contributed by atoms with Crippen molar-refractivity contribution in [3.05, 3.63) is 18.7 Å². The number of likely N-dealkylation sites (tertiary alicyclic amines) is 1. The number of rotatable bonds is 6. The summed E-state index contributed by atoms with van der Waals surface area (Å²) in [6.07, 6.45) is 8.76. The highest BCUT2D eigenvalue weighted by Crippen LogP contribution is 2.18. The quantitative estimate of drug-likeness (QED) is 0.545.